The molecule has 0 saturated carbocycles. The van der Waals surface area contributed by atoms with Crippen molar-refractivity contribution in [2.75, 3.05) is 0 Å². The summed E-state index contributed by atoms with van der Waals surface area (Å²) >= 11 is 0. The molecular formula is C22H16N2Ni. The van der Waals surface area contributed by atoms with E-state index in [9.17, 15) is 0 Å². The average Bonchev–Trinajstić information content (AvgIpc) is 2.71. The summed E-state index contributed by atoms with van der Waals surface area (Å²) in [4.78, 5) is 8.93. The third-order valence-electron chi connectivity index (χ3n) is 3.27. The van der Waals surface area contributed by atoms with Gasteiger partial charge in [0, 0.05) is 6.20 Å². The third kappa shape index (κ3) is 5.67. The standard InChI is InChI=1S/C16H11N2.C6H5.Ni/c1-2-7-13(8-3-1)14-10-6-11-16(18-14)15-9-4-5-12-17-15;1-2-4-6-5-3-1;/h1-7,9-12H;1-5H;/q2*-1;+2. The molecule has 3 heteroatoms. The van der Waals surface area contributed by atoms with Gasteiger partial charge in [0.05, 0.1) is 11.4 Å². The Balaban J connectivity index is 0.000000275. The van der Waals surface area contributed by atoms with Gasteiger partial charge in [-0.25, -0.2) is 0 Å². The van der Waals surface area contributed by atoms with Gasteiger partial charge in [-0.3, -0.25) is 9.97 Å². The molecule has 0 atom stereocenters. The first-order chi connectivity index (χ1) is 11.9. The van der Waals surface area contributed by atoms with Crippen LogP contribution in [0, 0.1) is 12.1 Å². The number of nitrogens with zero attached hydrogens (tertiary/aromatic N) is 2. The Morgan fingerprint density at radius 2 is 1.32 bits per heavy atom. The molecule has 0 N–H and O–H groups in total. The predicted molar refractivity (Wildman–Crippen MR) is 97.0 cm³/mol. The summed E-state index contributed by atoms with van der Waals surface area (Å²) in [7, 11) is 0. The van der Waals surface area contributed by atoms with Gasteiger partial charge in [-0.05, 0) is 23.9 Å². The van der Waals surface area contributed by atoms with Gasteiger partial charge in [-0.1, -0.05) is 18.2 Å². The van der Waals surface area contributed by atoms with Crippen molar-refractivity contribution in [2.24, 2.45) is 0 Å². The van der Waals surface area contributed by atoms with E-state index >= 15 is 0 Å². The van der Waals surface area contributed by atoms with Crippen LogP contribution in [0.3, 0.4) is 0 Å². The van der Waals surface area contributed by atoms with Gasteiger partial charge >= 0.3 is 16.5 Å². The molecule has 25 heavy (non-hydrogen) atoms. The topological polar surface area (TPSA) is 25.8 Å². The van der Waals surface area contributed by atoms with E-state index in [1.54, 1.807) is 6.20 Å². The summed E-state index contributed by atoms with van der Waals surface area (Å²) in [5, 5.41) is 0. The van der Waals surface area contributed by atoms with Gasteiger partial charge in [0.25, 0.3) is 0 Å². The van der Waals surface area contributed by atoms with Crippen LogP contribution in [0.15, 0.2) is 97.2 Å². The summed E-state index contributed by atoms with van der Waals surface area (Å²) in [5.41, 5.74) is 3.68. The SMILES string of the molecule is [Ni+2].[c-]1ccccc1.[c-]1ccccc1-c1cccc(-c2ccccn2)n1. The van der Waals surface area contributed by atoms with Crippen LogP contribution in [0.2, 0.25) is 0 Å². The Hall–Kier alpha value is -2.77. The fourth-order valence-electron chi connectivity index (χ4n) is 2.14. The number of pyridine rings is 2. The van der Waals surface area contributed by atoms with Crippen molar-refractivity contribution >= 4 is 0 Å². The molecular weight excluding hydrogens is 351 g/mol. The van der Waals surface area contributed by atoms with Crippen molar-refractivity contribution in [1.82, 2.24) is 9.97 Å². The Labute approximate surface area is 158 Å². The van der Waals surface area contributed by atoms with E-state index in [-0.39, 0.29) is 16.5 Å². The maximum Gasteiger partial charge on any atom is 2.00 e. The minimum atomic E-state index is 0. The van der Waals surface area contributed by atoms with Crippen molar-refractivity contribution in [3.8, 4) is 22.6 Å². The van der Waals surface area contributed by atoms with E-state index in [0.29, 0.717) is 0 Å². The van der Waals surface area contributed by atoms with E-state index in [1.165, 1.54) is 0 Å². The Bertz CT molecular complexity index is 769. The van der Waals surface area contributed by atoms with Gasteiger partial charge in [-0.15, -0.1) is 35.9 Å². The maximum atomic E-state index is 4.62. The molecule has 2 aromatic carbocycles. The molecule has 0 radical (unpaired) electrons. The predicted octanol–water partition coefficient (Wildman–Crippen LogP) is 5.10. The summed E-state index contributed by atoms with van der Waals surface area (Å²) in [6.07, 6.45) is 1.78. The largest absolute Gasteiger partial charge is 2.00 e. The molecule has 0 aliphatic rings. The third-order valence-corrected chi connectivity index (χ3v) is 3.27. The molecule has 0 saturated heterocycles. The van der Waals surface area contributed by atoms with Crippen LogP contribution in [0.1, 0.15) is 0 Å². The van der Waals surface area contributed by atoms with Gasteiger partial charge < -0.3 is 0 Å². The molecule has 4 aromatic rings. The molecule has 0 spiro atoms. The Kier molecular flexibility index (Phi) is 7.56. The fourth-order valence-corrected chi connectivity index (χ4v) is 2.14. The van der Waals surface area contributed by atoms with Crippen molar-refractivity contribution in [2.45, 2.75) is 0 Å². The molecule has 4 rings (SSSR count). The van der Waals surface area contributed by atoms with Crippen LogP contribution >= 0.6 is 0 Å². The zero-order valence-corrected chi connectivity index (χ0v) is 14.4. The Morgan fingerprint density at radius 3 is 1.92 bits per heavy atom. The molecule has 0 fully saturated rings. The van der Waals surface area contributed by atoms with Crippen LogP contribution in [-0.2, 0) is 16.5 Å². The zero-order chi connectivity index (χ0) is 16.5. The van der Waals surface area contributed by atoms with E-state index in [2.05, 4.69) is 22.1 Å². The molecule has 124 valence electrons. The van der Waals surface area contributed by atoms with Crippen LogP contribution in [0.5, 0.6) is 0 Å². The average molecular weight is 367 g/mol. The summed E-state index contributed by atoms with van der Waals surface area (Å²) in [6.45, 7) is 0. The van der Waals surface area contributed by atoms with Crippen molar-refractivity contribution in [1.29, 1.82) is 0 Å². The fraction of sp³-hybridized carbons (Fsp3) is 0. The second-order valence-corrected chi connectivity index (χ2v) is 4.98. The zero-order valence-electron chi connectivity index (χ0n) is 13.4. The number of aromatic nitrogens is 2. The molecule has 2 heterocycles. The first kappa shape index (κ1) is 18.6. The second-order valence-electron chi connectivity index (χ2n) is 4.98. The molecule has 0 amide bonds. The molecule has 0 unspecified atom stereocenters. The summed E-state index contributed by atoms with van der Waals surface area (Å²) < 4.78 is 0. The summed E-state index contributed by atoms with van der Waals surface area (Å²) in [5.74, 6) is 0. The van der Waals surface area contributed by atoms with E-state index in [4.69, 9.17) is 0 Å². The van der Waals surface area contributed by atoms with Crippen LogP contribution in [0.4, 0.5) is 0 Å². The van der Waals surface area contributed by atoms with Gasteiger partial charge in [0.1, 0.15) is 0 Å². The van der Waals surface area contributed by atoms with E-state index in [0.717, 1.165) is 22.6 Å². The van der Waals surface area contributed by atoms with Crippen molar-refractivity contribution in [3.05, 3.63) is 109 Å². The molecule has 0 aliphatic carbocycles. The molecule has 2 nitrogen and oxygen atoms in total. The number of hydrogen-bond donors (Lipinski definition) is 0. The minimum Gasteiger partial charge on any atom is -0.295 e. The van der Waals surface area contributed by atoms with E-state index < -0.39 is 0 Å². The molecule has 0 bridgehead atoms. The molecule has 0 aliphatic heterocycles. The van der Waals surface area contributed by atoms with Gasteiger partial charge in [0.2, 0.25) is 0 Å². The first-order valence-electron chi connectivity index (χ1n) is 7.70. The number of benzene rings is 2. The van der Waals surface area contributed by atoms with E-state index in [1.807, 2.05) is 91.0 Å². The van der Waals surface area contributed by atoms with Crippen molar-refractivity contribution < 1.29 is 16.5 Å². The second kappa shape index (κ2) is 10.2. The van der Waals surface area contributed by atoms with Crippen molar-refractivity contribution in [3.63, 3.8) is 0 Å². The Morgan fingerprint density at radius 1 is 0.600 bits per heavy atom. The van der Waals surface area contributed by atoms with Gasteiger partial charge in [0.15, 0.2) is 0 Å². The maximum absolute atomic E-state index is 4.62. The summed E-state index contributed by atoms with van der Waals surface area (Å²) in [6, 6.07) is 35.3. The van der Waals surface area contributed by atoms with Crippen LogP contribution < -0.4 is 0 Å². The van der Waals surface area contributed by atoms with Gasteiger partial charge in [-0.2, -0.15) is 36.4 Å². The van der Waals surface area contributed by atoms with Crippen LogP contribution in [0.25, 0.3) is 22.6 Å². The van der Waals surface area contributed by atoms with Crippen LogP contribution in [-0.4, -0.2) is 9.97 Å². The first-order valence-corrected chi connectivity index (χ1v) is 7.70. The number of hydrogen-bond acceptors (Lipinski definition) is 2. The smallest absolute Gasteiger partial charge is 0.295 e. The monoisotopic (exact) mass is 366 g/mol. The number of rotatable bonds is 2. The normalized spacial score (nSPS) is 9.28. The minimum absolute atomic E-state index is 0. The molecule has 2 aromatic heterocycles. The quantitative estimate of drug-likeness (QED) is 0.364.